The molecule has 1 atom stereocenters. The summed E-state index contributed by atoms with van der Waals surface area (Å²) in [6.07, 6.45) is 1.64. The van der Waals surface area contributed by atoms with Crippen molar-refractivity contribution in [2.75, 3.05) is 12.9 Å². The molecule has 3 aromatic carbocycles. The minimum absolute atomic E-state index is 0.0730. The number of hydrogen-bond donors (Lipinski definition) is 1. The molecule has 0 radical (unpaired) electrons. The quantitative estimate of drug-likeness (QED) is 0.262. The number of hydrogen-bond acceptors (Lipinski definition) is 6. The molecule has 2 aromatic heterocycles. The highest BCUT2D eigenvalue weighted by Crippen LogP contribution is 2.28. The maximum absolute atomic E-state index is 12.8. The van der Waals surface area contributed by atoms with Crippen LogP contribution in [0.1, 0.15) is 24.3 Å². The van der Waals surface area contributed by atoms with E-state index in [0.29, 0.717) is 17.5 Å². The van der Waals surface area contributed by atoms with Gasteiger partial charge in [-0.25, -0.2) is 0 Å². The average molecular weight is 499 g/mol. The first-order valence-electron chi connectivity index (χ1n) is 11.6. The van der Waals surface area contributed by atoms with Crippen LogP contribution >= 0.6 is 11.8 Å². The van der Waals surface area contributed by atoms with E-state index in [1.165, 1.54) is 17.1 Å². The molecule has 0 aliphatic rings. The third-order valence-electron chi connectivity index (χ3n) is 5.92. The molecule has 1 N–H and O–H groups in total. The molecule has 2 heterocycles. The van der Waals surface area contributed by atoms with E-state index in [4.69, 9.17) is 9.15 Å². The normalized spacial score (nSPS) is 11.9. The SMILES string of the molecule is COc1cccc(-c2nnc(SCC(=O)NC(C)c3ccc4ccccc4c3)n2Cc2ccco2)c1. The number of benzene rings is 3. The second kappa shape index (κ2) is 10.7. The summed E-state index contributed by atoms with van der Waals surface area (Å²) < 4.78 is 12.9. The number of carbonyl (C=O) groups excluding carboxylic acids is 1. The number of methoxy groups -OCH3 is 1. The van der Waals surface area contributed by atoms with Crippen LogP contribution in [0.15, 0.2) is 94.7 Å². The van der Waals surface area contributed by atoms with Gasteiger partial charge in [0.15, 0.2) is 11.0 Å². The molecule has 0 saturated carbocycles. The number of nitrogens with zero attached hydrogens (tertiary/aromatic N) is 3. The van der Waals surface area contributed by atoms with Crippen molar-refractivity contribution in [2.24, 2.45) is 0 Å². The number of thioether (sulfide) groups is 1. The van der Waals surface area contributed by atoms with E-state index in [1.54, 1.807) is 13.4 Å². The molecule has 0 aliphatic heterocycles. The summed E-state index contributed by atoms with van der Waals surface area (Å²) in [4.78, 5) is 12.8. The number of furan rings is 1. The van der Waals surface area contributed by atoms with Crippen molar-refractivity contribution < 1.29 is 13.9 Å². The number of amides is 1. The second-order valence-electron chi connectivity index (χ2n) is 8.39. The van der Waals surface area contributed by atoms with E-state index in [2.05, 4.69) is 45.8 Å². The van der Waals surface area contributed by atoms with Crippen LogP contribution in [-0.2, 0) is 11.3 Å². The van der Waals surface area contributed by atoms with Crippen LogP contribution in [0, 0.1) is 0 Å². The molecule has 0 bridgehead atoms. The Hall–Kier alpha value is -4.04. The van der Waals surface area contributed by atoms with Crippen molar-refractivity contribution in [1.29, 1.82) is 0 Å². The Morgan fingerprint density at radius 1 is 1.03 bits per heavy atom. The Morgan fingerprint density at radius 2 is 1.89 bits per heavy atom. The van der Waals surface area contributed by atoms with Gasteiger partial charge in [-0.2, -0.15) is 0 Å². The Balaban J connectivity index is 1.31. The van der Waals surface area contributed by atoms with Crippen molar-refractivity contribution >= 4 is 28.4 Å². The highest BCUT2D eigenvalue weighted by Gasteiger charge is 2.18. The van der Waals surface area contributed by atoms with Crippen molar-refractivity contribution in [3.8, 4) is 17.1 Å². The van der Waals surface area contributed by atoms with Gasteiger partial charge in [0.25, 0.3) is 0 Å². The monoisotopic (exact) mass is 498 g/mol. The van der Waals surface area contributed by atoms with Gasteiger partial charge in [0.1, 0.15) is 11.5 Å². The number of nitrogens with one attached hydrogen (secondary N) is 1. The molecular weight excluding hydrogens is 472 g/mol. The van der Waals surface area contributed by atoms with Gasteiger partial charge in [-0.1, -0.05) is 60.3 Å². The van der Waals surface area contributed by atoms with Gasteiger partial charge in [-0.15, -0.1) is 10.2 Å². The minimum atomic E-state index is -0.115. The third kappa shape index (κ3) is 5.28. The Bertz CT molecular complexity index is 1480. The first kappa shape index (κ1) is 23.7. The molecule has 0 aliphatic carbocycles. The summed E-state index contributed by atoms with van der Waals surface area (Å²) in [5.74, 6) is 2.33. The fourth-order valence-corrected chi connectivity index (χ4v) is 4.79. The van der Waals surface area contributed by atoms with Gasteiger partial charge in [0.2, 0.25) is 5.91 Å². The number of ether oxygens (including phenoxy) is 1. The lowest BCUT2D eigenvalue weighted by Gasteiger charge is -2.15. The van der Waals surface area contributed by atoms with Gasteiger partial charge in [-0.3, -0.25) is 9.36 Å². The molecule has 182 valence electrons. The zero-order chi connectivity index (χ0) is 24.9. The Kier molecular flexibility index (Phi) is 7.04. The van der Waals surface area contributed by atoms with Gasteiger partial charge in [-0.05, 0) is 53.6 Å². The summed E-state index contributed by atoms with van der Waals surface area (Å²) in [5, 5.41) is 14.9. The third-order valence-corrected chi connectivity index (χ3v) is 6.89. The van der Waals surface area contributed by atoms with Gasteiger partial charge >= 0.3 is 0 Å². The van der Waals surface area contributed by atoms with E-state index in [1.807, 2.05) is 60.0 Å². The Morgan fingerprint density at radius 3 is 2.69 bits per heavy atom. The molecule has 5 rings (SSSR count). The van der Waals surface area contributed by atoms with E-state index in [0.717, 1.165) is 28.0 Å². The first-order valence-corrected chi connectivity index (χ1v) is 12.6. The molecule has 7 nitrogen and oxygen atoms in total. The summed E-state index contributed by atoms with van der Waals surface area (Å²) in [7, 11) is 1.63. The number of carbonyl (C=O) groups is 1. The summed E-state index contributed by atoms with van der Waals surface area (Å²) in [5.41, 5.74) is 1.93. The molecule has 1 unspecified atom stereocenters. The van der Waals surface area contributed by atoms with E-state index >= 15 is 0 Å². The van der Waals surface area contributed by atoms with Crippen molar-refractivity contribution in [1.82, 2.24) is 20.1 Å². The van der Waals surface area contributed by atoms with Gasteiger partial charge in [0, 0.05) is 5.56 Å². The topological polar surface area (TPSA) is 82.2 Å². The first-order chi connectivity index (χ1) is 17.6. The molecule has 0 spiro atoms. The fraction of sp³-hybridized carbons (Fsp3) is 0.179. The van der Waals surface area contributed by atoms with Crippen LogP contribution in [0.4, 0.5) is 0 Å². The van der Waals surface area contributed by atoms with Crippen molar-refractivity contribution in [3.05, 3.63) is 96.4 Å². The number of fused-ring (bicyclic) bond motifs is 1. The molecule has 36 heavy (non-hydrogen) atoms. The van der Waals surface area contributed by atoms with Crippen LogP contribution in [0.5, 0.6) is 5.75 Å². The Labute approximate surface area is 213 Å². The molecule has 1 amide bonds. The zero-order valence-corrected chi connectivity index (χ0v) is 20.9. The van der Waals surface area contributed by atoms with Crippen LogP contribution in [0.2, 0.25) is 0 Å². The zero-order valence-electron chi connectivity index (χ0n) is 20.0. The van der Waals surface area contributed by atoms with Gasteiger partial charge < -0.3 is 14.5 Å². The van der Waals surface area contributed by atoms with E-state index < -0.39 is 0 Å². The maximum atomic E-state index is 12.8. The standard InChI is InChI=1S/C28H26N4O3S/c1-19(21-13-12-20-7-3-4-8-22(20)15-21)29-26(33)18-36-28-31-30-27(23-9-5-10-24(16-23)34-2)32(28)17-25-11-6-14-35-25/h3-16,19H,17-18H2,1-2H3,(H,29,33). The molecule has 8 heteroatoms. The van der Waals surface area contributed by atoms with Crippen LogP contribution in [0.3, 0.4) is 0 Å². The highest BCUT2D eigenvalue weighted by atomic mass is 32.2. The van der Waals surface area contributed by atoms with Crippen LogP contribution in [0.25, 0.3) is 22.2 Å². The lowest BCUT2D eigenvalue weighted by molar-refractivity contribution is -0.119. The van der Waals surface area contributed by atoms with Gasteiger partial charge in [0.05, 0.1) is 31.7 Å². The number of rotatable bonds is 9. The van der Waals surface area contributed by atoms with E-state index in [9.17, 15) is 4.79 Å². The maximum Gasteiger partial charge on any atom is 0.230 e. The summed E-state index contributed by atoms with van der Waals surface area (Å²) >= 11 is 1.35. The largest absolute Gasteiger partial charge is 0.497 e. The predicted molar refractivity (Wildman–Crippen MR) is 141 cm³/mol. The smallest absolute Gasteiger partial charge is 0.230 e. The molecule has 5 aromatic rings. The van der Waals surface area contributed by atoms with E-state index in [-0.39, 0.29) is 17.7 Å². The summed E-state index contributed by atoms with van der Waals surface area (Å²) in [6.45, 7) is 2.44. The average Bonchev–Trinajstić information content (AvgIpc) is 3.57. The molecule has 0 saturated heterocycles. The molecular formula is C28H26N4O3S. The lowest BCUT2D eigenvalue weighted by Crippen LogP contribution is -2.28. The lowest BCUT2D eigenvalue weighted by atomic mass is 10.0. The second-order valence-corrected chi connectivity index (χ2v) is 9.33. The van der Waals surface area contributed by atoms with Crippen LogP contribution < -0.4 is 10.1 Å². The summed E-state index contributed by atoms with van der Waals surface area (Å²) in [6, 6.07) is 25.8. The highest BCUT2D eigenvalue weighted by molar-refractivity contribution is 7.99. The molecule has 0 fully saturated rings. The predicted octanol–water partition coefficient (Wildman–Crippen LogP) is 5.72. The van der Waals surface area contributed by atoms with Crippen molar-refractivity contribution in [2.45, 2.75) is 24.7 Å². The fourth-order valence-electron chi connectivity index (χ4n) is 4.05. The van der Waals surface area contributed by atoms with Crippen molar-refractivity contribution in [3.63, 3.8) is 0 Å². The number of aromatic nitrogens is 3. The van der Waals surface area contributed by atoms with Crippen LogP contribution in [-0.4, -0.2) is 33.5 Å². The minimum Gasteiger partial charge on any atom is -0.497 e.